The molecule has 0 radical (unpaired) electrons. The zero-order valence-electron chi connectivity index (χ0n) is 9.40. The van der Waals surface area contributed by atoms with E-state index in [2.05, 4.69) is 21.2 Å². The Kier molecular flexibility index (Phi) is 4.28. The maximum Gasteiger partial charge on any atom is 0.241 e. The minimum atomic E-state index is -0.581. The standard InChI is InChI=1S/C11H12BrFN2O3/c12-7-1-2-10(9(13)3-7)14-11(17)5-15-4-8(16)6-18-15/h1-3,8,16H,4-6H2,(H,14,17)/t8-/m0/s1. The van der Waals surface area contributed by atoms with Crippen molar-refractivity contribution in [2.75, 3.05) is 25.0 Å². The van der Waals surface area contributed by atoms with Gasteiger partial charge in [0.05, 0.1) is 24.9 Å². The van der Waals surface area contributed by atoms with E-state index in [1.165, 1.54) is 17.2 Å². The molecule has 1 aliphatic heterocycles. The van der Waals surface area contributed by atoms with Crippen LogP contribution >= 0.6 is 15.9 Å². The minimum absolute atomic E-state index is 0.0490. The summed E-state index contributed by atoms with van der Waals surface area (Å²) in [5, 5.41) is 13.0. The molecule has 1 heterocycles. The summed E-state index contributed by atoms with van der Waals surface area (Å²) in [6.45, 7) is 0.405. The van der Waals surface area contributed by atoms with Gasteiger partial charge in [0.15, 0.2) is 0 Å². The molecule has 1 aliphatic rings. The lowest BCUT2D eigenvalue weighted by molar-refractivity contribution is -0.138. The van der Waals surface area contributed by atoms with Gasteiger partial charge in [0.2, 0.25) is 5.91 Å². The van der Waals surface area contributed by atoms with Crippen molar-refractivity contribution in [3.63, 3.8) is 0 Å². The van der Waals surface area contributed by atoms with Crippen LogP contribution in [0.2, 0.25) is 0 Å². The zero-order valence-corrected chi connectivity index (χ0v) is 11.0. The van der Waals surface area contributed by atoms with E-state index in [-0.39, 0.29) is 25.4 Å². The van der Waals surface area contributed by atoms with Crippen molar-refractivity contribution >= 4 is 27.5 Å². The molecular formula is C11H12BrFN2O3. The number of anilines is 1. The highest BCUT2D eigenvalue weighted by Crippen LogP contribution is 2.19. The van der Waals surface area contributed by atoms with Gasteiger partial charge < -0.3 is 10.4 Å². The molecule has 2 N–H and O–H groups in total. The number of halogens is 2. The van der Waals surface area contributed by atoms with E-state index in [4.69, 9.17) is 4.84 Å². The molecule has 0 spiro atoms. The topological polar surface area (TPSA) is 61.8 Å². The van der Waals surface area contributed by atoms with Crippen LogP contribution in [-0.4, -0.2) is 41.9 Å². The molecule has 98 valence electrons. The predicted molar refractivity (Wildman–Crippen MR) is 66.3 cm³/mol. The number of aliphatic hydroxyl groups is 1. The second kappa shape index (κ2) is 5.75. The number of rotatable bonds is 3. The minimum Gasteiger partial charge on any atom is -0.389 e. The highest BCUT2D eigenvalue weighted by molar-refractivity contribution is 9.10. The number of carbonyl (C=O) groups is 1. The second-order valence-corrected chi connectivity index (χ2v) is 4.86. The molecule has 7 heteroatoms. The first-order valence-electron chi connectivity index (χ1n) is 5.35. The molecule has 1 amide bonds. The Morgan fingerprint density at radius 2 is 2.44 bits per heavy atom. The summed E-state index contributed by atoms with van der Waals surface area (Å²) in [7, 11) is 0. The molecule has 0 aliphatic carbocycles. The lowest BCUT2D eigenvalue weighted by Gasteiger charge is -2.13. The Morgan fingerprint density at radius 3 is 3.06 bits per heavy atom. The number of hydrogen-bond donors (Lipinski definition) is 2. The van der Waals surface area contributed by atoms with Crippen molar-refractivity contribution in [1.29, 1.82) is 0 Å². The molecule has 1 saturated heterocycles. The van der Waals surface area contributed by atoms with Crippen LogP contribution < -0.4 is 5.32 Å². The number of hydroxylamine groups is 2. The van der Waals surface area contributed by atoms with Gasteiger partial charge in [-0.15, -0.1) is 0 Å². The van der Waals surface area contributed by atoms with Crippen molar-refractivity contribution in [3.05, 3.63) is 28.5 Å². The van der Waals surface area contributed by atoms with Gasteiger partial charge in [0, 0.05) is 4.47 Å². The summed E-state index contributed by atoms with van der Waals surface area (Å²) >= 11 is 3.13. The summed E-state index contributed by atoms with van der Waals surface area (Å²) in [6, 6.07) is 4.37. The van der Waals surface area contributed by atoms with Crippen LogP contribution in [0.1, 0.15) is 0 Å². The average molecular weight is 319 g/mol. The van der Waals surface area contributed by atoms with Gasteiger partial charge >= 0.3 is 0 Å². The summed E-state index contributed by atoms with van der Waals surface area (Å²) < 4.78 is 14.1. The normalized spacial score (nSPS) is 20.1. The third kappa shape index (κ3) is 3.49. The molecule has 1 aromatic rings. The molecule has 0 saturated carbocycles. The Labute approximate surface area is 112 Å². The average Bonchev–Trinajstić information content (AvgIpc) is 2.68. The third-order valence-electron chi connectivity index (χ3n) is 2.39. The van der Waals surface area contributed by atoms with E-state index in [1.807, 2.05) is 0 Å². The number of nitrogens with zero attached hydrogens (tertiary/aromatic N) is 1. The summed E-state index contributed by atoms with van der Waals surface area (Å²) in [5.74, 6) is -0.912. The van der Waals surface area contributed by atoms with Crippen molar-refractivity contribution in [2.24, 2.45) is 0 Å². The lowest BCUT2D eigenvalue weighted by Crippen LogP contribution is -2.31. The SMILES string of the molecule is O=C(CN1C[C@H](O)CO1)Nc1ccc(Br)cc1F. The first kappa shape index (κ1) is 13.4. The smallest absolute Gasteiger partial charge is 0.241 e. The fraction of sp³-hybridized carbons (Fsp3) is 0.364. The monoisotopic (exact) mass is 318 g/mol. The number of aliphatic hydroxyl groups excluding tert-OH is 1. The van der Waals surface area contributed by atoms with E-state index >= 15 is 0 Å². The Balaban J connectivity index is 1.91. The fourth-order valence-electron chi connectivity index (χ4n) is 1.58. The van der Waals surface area contributed by atoms with Crippen LogP contribution in [0.25, 0.3) is 0 Å². The molecule has 5 nitrogen and oxygen atoms in total. The van der Waals surface area contributed by atoms with Crippen molar-refractivity contribution in [3.8, 4) is 0 Å². The second-order valence-electron chi connectivity index (χ2n) is 3.94. The summed E-state index contributed by atoms with van der Waals surface area (Å²) in [5.41, 5.74) is 0.114. The van der Waals surface area contributed by atoms with Crippen LogP contribution in [0.15, 0.2) is 22.7 Å². The highest BCUT2D eigenvalue weighted by Gasteiger charge is 2.23. The van der Waals surface area contributed by atoms with E-state index in [0.29, 0.717) is 4.47 Å². The number of nitrogens with one attached hydrogen (secondary N) is 1. The first-order valence-corrected chi connectivity index (χ1v) is 6.15. The highest BCUT2D eigenvalue weighted by atomic mass is 79.9. The molecular weight excluding hydrogens is 307 g/mol. The Bertz CT molecular complexity index is 458. The van der Waals surface area contributed by atoms with E-state index in [0.717, 1.165) is 0 Å². The fourth-order valence-corrected chi connectivity index (χ4v) is 1.92. The van der Waals surface area contributed by atoms with E-state index in [1.54, 1.807) is 6.07 Å². The molecule has 1 fully saturated rings. The molecule has 2 rings (SSSR count). The third-order valence-corrected chi connectivity index (χ3v) is 2.88. The molecule has 0 unspecified atom stereocenters. The summed E-state index contributed by atoms with van der Waals surface area (Å²) in [4.78, 5) is 16.7. The van der Waals surface area contributed by atoms with Crippen molar-refractivity contribution in [1.82, 2.24) is 5.06 Å². The number of β-amino-alcohol motifs (C(OH)–C–C–N with tert-alkyl or cyclic N) is 1. The maximum atomic E-state index is 13.5. The first-order chi connectivity index (χ1) is 8.54. The van der Waals surface area contributed by atoms with E-state index < -0.39 is 17.8 Å². The van der Waals surface area contributed by atoms with Gasteiger partial charge in [-0.3, -0.25) is 9.63 Å². The van der Waals surface area contributed by atoms with Gasteiger partial charge in [0.1, 0.15) is 12.4 Å². The van der Waals surface area contributed by atoms with Crippen molar-refractivity contribution in [2.45, 2.75) is 6.10 Å². The summed E-state index contributed by atoms with van der Waals surface area (Å²) in [6.07, 6.45) is -0.581. The molecule has 0 bridgehead atoms. The van der Waals surface area contributed by atoms with Crippen LogP contribution in [0, 0.1) is 5.82 Å². The van der Waals surface area contributed by atoms with Gasteiger partial charge in [-0.2, -0.15) is 5.06 Å². The van der Waals surface area contributed by atoms with Crippen LogP contribution in [-0.2, 0) is 9.63 Å². The van der Waals surface area contributed by atoms with Gasteiger partial charge in [-0.1, -0.05) is 15.9 Å². The van der Waals surface area contributed by atoms with Crippen LogP contribution in [0.4, 0.5) is 10.1 Å². The Morgan fingerprint density at radius 1 is 1.67 bits per heavy atom. The number of amides is 1. The number of benzene rings is 1. The molecule has 0 aromatic heterocycles. The predicted octanol–water partition coefficient (Wildman–Crippen LogP) is 1.13. The van der Waals surface area contributed by atoms with E-state index in [9.17, 15) is 14.3 Å². The molecule has 1 atom stereocenters. The lowest BCUT2D eigenvalue weighted by atomic mass is 10.3. The number of hydrogen-bond acceptors (Lipinski definition) is 4. The molecule has 1 aromatic carbocycles. The van der Waals surface area contributed by atoms with Gasteiger partial charge in [0.25, 0.3) is 0 Å². The number of carbonyl (C=O) groups excluding carboxylic acids is 1. The van der Waals surface area contributed by atoms with Crippen LogP contribution in [0.5, 0.6) is 0 Å². The van der Waals surface area contributed by atoms with Crippen LogP contribution in [0.3, 0.4) is 0 Å². The zero-order chi connectivity index (χ0) is 13.1. The van der Waals surface area contributed by atoms with Gasteiger partial charge in [-0.05, 0) is 18.2 Å². The maximum absolute atomic E-state index is 13.5. The largest absolute Gasteiger partial charge is 0.389 e. The van der Waals surface area contributed by atoms with Gasteiger partial charge in [-0.25, -0.2) is 4.39 Å². The molecule has 18 heavy (non-hydrogen) atoms. The quantitative estimate of drug-likeness (QED) is 0.877. The van der Waals surface area contributed by atoms with Crippen molar-refractivity contribution < 1.29 is 19.1 Å². The Hall–Kier alpha value is -1.02.